The molecule has 0 atom stereocenters. The summed E-state index contributed by atoms with van der Waals surface area (Å²) < 4.78 is 1.71. The Morgan fingerprint density at radius 1 is 1.00 bits per heavy atom. The van der Waals surface area contributed by atoms with Crippen molar-refractivity contribution >= 4 is 23.2 Å². The Morgan fingerprint density at radius 3 is 2.36 bits per heavy atom. The van der Waals surface area contributed by atoms with Gasteiger partial charge in [-0.2, -0.15) is 5.10 Å². The van der Waals surface area contributed by atoms with E-state index in [0.29, 0.717) is 16.8 Å². The van der Waals surface area contributed by atoms with Crippen molar-refractivity contribution in [2.45, 2.75) is 6.54 Å². The fourth-order valence-corrected chi connectivity index (χ4v) is 2.85. The summed E-state index contributed by atoms with van der Waals surface area (Å²) in [6.45, 7) is -0.0800. The first-order valence-corrected chi connectivity index (χ1v) is 7.79. The minimum absolute atomic E-state index is 0.226. The zero-order valence-electron chi connectivity index (χ0n) is 13.2. The molecule has 0 aliphatic carbocycles. The summed E-state index contributed by atoms with van der Waals surface area (Å²) >= 11 is 0. The van der Waals surface area contributed by atoms with Gasteiger partial charge in [0.1, 0.15) is 6.54 Å². The standard InChI is InChI=1S/C18H14N4O3/c23-16(19-10-12-9-13-5-3-4-8-22(13)20-12)11-21-17(24)14-6-1-2-7-15(14)18(21)25/h1-9H,10-11H2,(H,19,23). The van der Waals surface area contributed by atoms with E-state index in [4.69, 9.17) is 0 Å². The normalized spacial score (nSPS) is 13.4. The molecule has 0 bridgehead atoms. The Morgan fingerprint density at radius 2 is 1.68 bits per heavy atom. The number of imide groups is 1. The summed E-state index contributed by atoms with van der Waals surface area (Å²) in [6.07, 6.45) is 1.82. The van der Waals surface area contributed by atoms with Gasteiger partial charge in [0.05, 0.1) is 28.9 Å². The number of benzene rings is 1. The third kappa shape index (κ3) is 2.65. The van der Waals surface area contributed by atoms with Gasteiger partial charge in [-0.1, -0.05) is 18.2 Å². The minimum Gasteiger partial charge on any atom is -0.349 e. The molecule has 4 rings (SSSR count). The molecule has 25 heavy (non-hydrogen) atoms. The number of aromatic nitrogens is 2. The summed E-state index contributed by atoms with van der Waals surface area (Å²) in [7, 11) is 0. The number of amides is 3. The van der Waals surface area contributed by atoms with Crippen molar-refractivity contribution in [1.29, 1.82) is 0 Å². The number of hydrogen-bond donors (Lipinski definition) is 1. The highest BCUT2D eigenvalue weighted by atomic mass is 16.2. The maximum atomic E-state index is 12.2. The van der Waals surface area contributed by atoms with Crippen molar-refractivity contribution < 1.29 is 14.4 Å². The number of carbonyl (C=O) groups is 3. The van der Waals surface area contributed by atoms with Crippen LogP contribution in [-0.2, 0) is 11.3 Å². The number of fused-ring (bicyclic) bond motifs is 2. The number of nitrogens with zero attached hydrogens (tertiary/aromatic N) is 3. The highest BCUT2D eigenvalue weighted by molar-refractivity contribution is 6.22. The van der Waals surface area contributed by atoms with E-state index in [1.165, 1.54) is 0 Å². The van der Waals surface area contributed by atoms with Crippen LogP contribution in [-0.4, -0.2) is 38.8 Å². The third-order valence-corrected chi connectivity index (χ3v) is 4.07. The smallest absolute Gasteiger partial charge is 0.262 e. The molecule has 0 fully saturated rings. The summed E-state index contributed by atoms with van der Waals surface area (Å²) in [4.78, 5) is 37.6. The number of carbonyl (C=O) groups excluding carboxylic acids is 3. The van der Waals surface area contributed by atoms with Crippen molar-refractivity contribution in [2.75, 3.05) is 6.54 Å². The second-order valence-corrected chi connectivity index (χ2v) is 5.72. The lowest BCUT2D eigenvalue weighted by Gasteiger charge is -2.13. The van der Waals surface area contributed by atoms with E-state index in [9.17, 15) is 14.4 Å². The number of hydrogen-bond acceptors (Lipinski definition) is 4. The molecule has 0 unspecified atom stereocenters. The molecule has 124 valence electrons. The summed E-state index contributed by atoms with van der Waals surface area (Å²) in [6, 6.07) is 14.1. The molecular weight excluding hydrogens is 320 g/mol. The van der Waals surface area contributed by atoms with Crippen LogP contribution >= 0.6 is 0 Å². The van der Waals surface area contributed by atoms with E-state index in [-0.39, 0.29) is 13.1 Å². The van der Waals surface area contributed by atoms with Gasteiger partial charge in [-0.05, 0) is 30.3 Å². The third-order valence-electron chi connectivity index (χ3n) is 4.07. The first-order valence-electron chi connectivity index (χ1n) is 7.79. The van der Waals surface area contributed by atoms with Crippen molar-refractivity contribution in [3.8, 4) is 0 Å². The Labute approximate surface area is 142 Å². The lowest BCUT2D eigenvalue weighted by Crippen LogP contribution is -2.40. The predicted octanol–water partition coefficient (Wildman–Crippen LogP) is 1.25. The van der Waals surface area contributed by atoms with Gasteiger partial charge in [0.25, 0.3) is 11.8 Å². The maximum absolute atomic E-state index is 12.2. The van der Waals surface area contributed by atoms with Gasteiger partial charge in [-0.3, -0.25) is 19.3 Å². The highest BCUT2D eigenvalue weighted by Crippen LogP contribution is 2.21. The zero-order chi connectivity index (χ0) is 17.4. The molecule has 3 aromatic rings. The van der Waals surface area contributed by atoms with Crippen LogP contribution in [0.2, 0.25) is 0 Å². The Bertz CT molecular complexity index is 940. The molecule has 1 aliphatic heterocycles. The molecule has 1 N–H and O–H groups in total. The summed E-state index contributed by atoms with van der Waals surface area (Å²) in [5, 5.41) is 7.03. The molecule has 3 heterocycles. The SMILES string of the molecule is O=C(CN1C(=O)c2ccccc2C1=O)NCc1cc2ccccn2n1. The quantitative estimate of drug-likeness (QED) is 0.728. The summed E-state index contributed by atoms with van der Waals surface area (Å²) in [5.74, 6) is -1.29. The first kappa shape index (κ1) is 15.1. The van der Waals surface area contributed by atoms with E-state index in [1.807, 2.05) is 30.5 Å². The van der Waals surface area contributed by atoms with E-state index >= 15 is 0 Å². The van der Waals surface area contributed by atoms with E-state index in [1.54, 1.807) is 28.8 Å². The van der Waals surface area contributed by atoms with Crippen molar-refractivity contribution in [3.05, 3.63) is 71.5 Å². The van der Waals surface area contributed by atoms with Crippen LogP contribution in [0.25, 0.3) is 5.52 Å². The van der Waals surface area contributed by atoms with Crippen molar-refractivity contribution in [2.24, 2.45) is 0 Å². The van der Waals surface area contributed by atoms with Gasteiger partial charge in [-0.25, -0.2) is 4.52 Å². The van der Waals surface area contributed by atoms with Gasteiger partial charge < -0.3 is 5.32 Å². The fraction of sp³-hybridized carbons (Fsp3) is 0.111. The second-order valence-electron chi connectivity index (χ2n) is 5.72. The molecule has 1 aromatic carbocycles. The monoisotopic (exact) mass is 334 g/mol. The number of nitrogens with one attached hydrogen (secondary N) is 1. The largest absolute Gasteiger partial charge is 0.349 e. The summed E-state index contributed by atoms with van der Waals surface area (Å²) in [5.41, 5.74) is 2.29. The van der Waals surface area contributed by atoms with Crippen LogP contribution in [0.5, 0.6) is 0 Å². The van der Waals surface area contributed by atoms with Gasteiger partial charge in [-0.15, -0.1) is 0 Å². The average molecular weight is 334 g/mol. The van der Waals surface area contributed by atoms with E-state index in [2.05, 4.69) is 10.4 Å². The van der Waals surface area contributed by atoms with E-state index in [0.717, 1.165) is 10.4 Å². The molecule has 7 heteroatoms. The van der Waals surface area contributed by atoms with Gasteiger partial charge in [0.2, 0.25) is 5.91 Å². The molecule has 0 saturated carbocycles. The molecule has 1 aliphatic rings. The second kappa shape index (κ2) is 5.86. The number of rotatable bonds is 4. The van der Waals surface area contributed by atoms with Crippen LogP contribution in [0.4, 0.5) is 0 Å². The van der Waals surface area contributed by atoms with Gasteiger partial charge in [0.15, 0.2) is 0 Å². The Balaban J connectivity index is 1.41. The molecular formula is C18H14N4O3. The van der Waals surface area contributed by atoms with Crippen molar-refractivity contribution in [3.63, 3.8) is 0 Å². The minimum atomic E-state index is -0.441. The zero-order valence-corrected chi connectivity index (χ0v) is 13.2. The molecule has 3 amide bonds. The lowest BCUT2D eigenvalue weighted by atomic mass is 10.1. The maximum Gasteiger partial charge on any atom is 0.262 e. The van der Waals surface area contributed by atoms with Crippen LogP contribution in [0.15, 0.2) is 54.7 Å². The number of pyridine rings is 1. The van der Waals surface area contributed by atoms with Gasteiger partial charge in [0, 0.05) is 6.20 Å². The lowest BCUT2D eigenvalue weighted by molar-refractivity contribution is -0.121. The fourth-order valence-electron chi connectivity index (χ4n) is 2.85. The molecule has 0 spiro atoms. The highest BCUT2D eigenvalue weighted by Gasteiger charge is 2.36. The van der Waals surface area contributed by atoms with Crippen LogP contribution < -0.4 is 5.32 Å². The van der Waals surface area contributed by atoms with Crippen LogP contribution in [0, 0.1) is 0 Å². The Kier molecular flexibility index (Phi) is 3.53. The van der Waals surface area contributed by atoms with Crippen LogP contribution in [0.1, 0.15) is 26.4 Å². The van der Waals surface area contributed by atoms with Crippen LogP contribution in [0.3, 0.4) is 0 Å². The topological polar surface area (TPSA) is 83.8 Å². The molecule has 7 nitrogen and oxygen atoms in total. The molecule has 0 saturated heterocycles. The predicted molar refractivity (Wildman–Crippen MR) is 88.8 cm³/mol. The van der Waals surface area contributed by atoms with E-state index < -0.39 is 17.7 Å². The first-order chi connectivity index (χ1) is 12.1. The molecule has 2 aromatic heterocycles. The molecule has 0 radical (unpaired) electrons. The average Bonchev–Trinajstić information content (AvgIpc) is 3.15. The Hall–Kier alpha value is -3.48. The van der Waals surface area contributed by atoms with Gasteiger partial charge >= 0.3 is 0 Å². The van der Waals surface area contributed by atoms with Crippen molar-refractivity contribution in [1.82, 2.24) is 19.8 Å².